The lowest BCUT2D eigenvalue weighted by atomic mass is 10.1. The number of hydrogen-bond donors (Lipinski definition) is 4. The lowest BCUT2D eigenvalue weighted by molar-refractivity contribution is 0.930. The predicted molar refractivity (Wildman–Crippen MR) is 152 cm³/mol. The highest BCUT2D eigenvalue weighted by atomic mass is 14.9. The van der Waals surface area contributed by atoms with E-state index in [4.69, 9.17) is 22.9 Å². The minimum absolute atomic E-state index is 0.400. The third-order valence-corrected chi connectivity index (χ3v) is 5.31. The van der Waals surface area contributed by atoms with Crippen LogP contribution in [0.3, 0.4) is 0 Å². The van der Waals surface area contributed by atoms with Crippen LogP contribution in [0.4, 0.5) is 11.4 Å². The van der Waals surface area contributed by atoms with E-state index in [2.05, 4.69) is 33.8 Å². The summed E-state index contributed by atoms with van der Waals surface area (Å²) in [4.78, 5) is 17.7. The molecule has 0 amide bonds. The SMILES string of the molecule is CCCN=C(N)c1ccc(N=C(N)c2ccc(N=C(N)c3ccc(C(N)=NCCC)cc3)cc2)cc1. The predicted octanol–water partition coefficient (Wildman–Crippen LogP) is 3.99. The highest BCUT2D eigenvalue weighted by Gasteiger charge is 2.04. The molecule has 0 saturated heterocycles. The summed E-state index contributed by atoms with van der Waals surface area (Å²) in [5.74, 6) is 1.85. The van der Waals surface area contributed by atoms with Crippen molar-refractivity contribution in [3.63, 3.8) is 0 Å². The molecule has 0 unspecified atom stereocenters. The van der Waals surface area contributed by atoms with Gasteiger partial charge in [-0.15, -0.1) is 0 Å². The Labute approximate surface area is 212 Å². The molecule has 0 saturated carbocycles. The fourth-order valence-electron chi connectivity index (χ4n) is 3.28. The molecule has 0 aromatic heterocycles. The molecule has 3 aromatic carbocycles. The van der Waals surface area contributed by atoms with Gasteiger partial charge in [-0.3, -0.25) is 9.98 Å². The smallest absolute Gasteiger partial charge is 0.131 e. The largest absolute Gasteiger partial charge is 0.384 e. The number of nitrogens with zero attached hydrogens (tertiary/aromatic N) is 4. The van der Waals surface area contributed by atoms with Crippen LogP contribution in [-0.4, -0.2) is 36.4 Å². The summed E-state index contributed by atoms with van der Waals surface area (Å²) in [6.45, 7) is 5.54. The van der Waals surface area contributed by atoms with Crippen LogP contribution in [0.15, 0.2) is 92.8 Å². The van der Waals surface area contributed by atoms with Crippen LogP contribution in [0.1, 0.15) is 48.9 Å². The number of nitrogens with two attached hydrogens (primary N) is 4. The van der Waals surface area contributed by atoms with Gasteiger partial charge >= 0.3 is 0 Å². The highest BCUT2D eigenvalue weighted by Crippen LogP contribution is 2.18. The van der Waals surface area contributed by atoms with Crippen LogP contribution < -0.4 is 22.9 Å². The van der Waals surface area contributed by atoms with Gasteiger partial charge in [-0.2, -0.15) is 0 Å². The summed E-state index contributed by atoms with van der Waals surface area (Å²) in [7, 11) is 0. The molecule has 36 heavy (non-hydrogen) atoms. The van der Waals surface area contributed by atoms with Gasteiger partial charge in [0.15, 0.2) is 0 Å². The first-order valence-electron chi connectivity index (χ1n) is 12.0. The van der Waals surface area contributed by atoms with Crippen molar-refractivity contribution in [3.05, 3.63) is 95.1 Å². The molecule has 0 bridgehead atoms. The Morgan fingerprint density at radius 1 is 0.472 bits per heavy atom. The molecule has 8 nitrogen and oxygen atoms in total. The molecule has 8 N–H and O–H groups in total. The second kappa shape index (κ2) is 12.9. The first-order valence-corrected chi connectivity index (χ1v) is 12.0. The first-order chi connectivity index (χ1) is 17.4. The third kappa shape index (κ3) is 7.27. The Kier molecular flexibility index (Phi) is 9.33. The second-order valence-corrected chi connectivity index (χ2v) is 8.20. The summed E-state index contributed by atoms with van der Waals surface area (Å²) in [5, 5.41) is 0. The molecule has 3 aromatic rings. The molecule has 3 rings (SSSR count). The average Bonchev–Trinajstić information content (AvgIpc) is 2.91. The van der Waals surface area contributed by atoms with Crippen molar-refractivity contribution < 1.29 is 0 Å². The highest BCUT2D eigenvalue weighted by molar-refractivity contribution is 6.02. The fourth-order valence-corrected chi connectivity index (χ4v) is 3.28. The van der Waals surface area contributed by atoms with E-state index in [-0.39, 0.29) is 0 Å². The molecular weight excluding hydrogens is 448 g/mol. The van der Waals surface area contributed by atoms with Gasteiger partial charge in [0.2, 0.25) is 0 Å². The molecule has 0 spiro atoms. The van der Waals surface area contributed by atoms with Crippen molar-refractivity contribution in [2.45, 2.75) is 26.7 Å². The van der Waals surface area contributed by atoms with E-state index < -0.39 is 0 Å². The van der Waals surface area contributed by atoms with Crippen molar-refractivity contribution in [1.82, 2.24) is 0 Å². The lowest BCUT2D eigenvalue weighted by Gasteiger charge is -2.06. The van der Waals surface area contributed by atoms with Crippen LogP contribution in [0, 0.1) is 0 Å². The molecule has 0 aliphatic carbocycles. The van der Waals surface area contributed by atoms with Gasteiger partial charge in [-0.05, 0) is 61.4 Å². The van der Waals surface area contributed by atoms with Gasteiger partial charge in [0.05, 0.1) is 11.4 Å². The molecular formula is C28H34N8. The Morgan fingerprint density at radius 3 is 1.06 bits per heavy atom. The average molecular weight is 483 g/mol. The van der Waals surface area contributed by atoms with Crippen molar-refractivity contribution in [2.24, 2.45) is 42.9 Å². The molecule has 0 aliphatic rings. The number of rotatable bonds is 10. The van der Waals surface area contributed by atoms with Crippen LogP contribution in [0.5, 0.6) is 0 Å². The summed E-state index contributed by atoms with van der Waals surface area (Å²) in [6, 6.07) is 22.5. The maximum absolute atomic E-state index is 6.22. The first kappa shape index (κ1) is 26.2. The molecule has 8 heteroatoms. The quantitative estimate of drug-likeness (QED) is 0.255. The number of benzene rings is 3. The standard InChI is InChI=1S/C28H34N8/c1-3-17-33-25(29)19-5-7-21(8-6-19)27(31)35-24-15-11-22(12-16-24)28(32)36-23-13-9-20(10-14-23)26(30)34-18-4-2/h5-16H,3-4,17-18H2,1-2H3,(H2,29,33)(H2,30,34)(H2,31,35)(H2,32,36). The molecule has 0 aliphatic heterocycles. The Hall–Kier alpha value is -4.46. The van der Waals surface area contributed by atoms with E-state index in [1.54, 1.807) is 0 Å². The van der Waals surface area contributed by atoms with E-state index in [1.807, 2.05) is 72.8 Å². The van der Waals surface area contributed by atoms with Gasteiger partial charge in [-0.25, -0.2) is 9.98 Å². The number of amidine groups is 4. The van der Waals surface area contributed by atoms with Crippen LogP contribution in [-0.2, 0) is 0 Å². The van der Waals surface area contributed by atoms with Crippen molar-refractivity contribution in [1.29, 1.82) is 0 Å². The Bertz CT molecular complexity index is 1250. The summed E-state index contributed by atoms with van der Waals surface area (Å²) in [5.41, 5.74) is 29.2. The summed E-state index contributed by atoms with van der Waals surface area (Å²) < 4.78 is 0. The van der Waals surface area contributed by atoms with Crippen molar-refractivity contribution >= 4 is 34.7 Å². The normalized spacial score (nSPS) is 13.2. The maximum Gasteiger partial charge on any atom is 0.131 e. The molecule has 0 heterocycles. The van der Waals surface area contributed by atoms with Crippen molar-refractivity contribution in [3.8, 4) is 0 Å². The Morgan fingerprint density at radius 2 is 0.750 bits per heavy atom. The monoisotopic (exact) mass is 482 g/mol. The van der Waals surface area contributed by atoms with Gasteiger partial charge in [0, 0.05) is 35.3 Å². The maximum atomic E-state index is 6.22. The Balaban J connectivity index is 1.69. The minimum atomic E-state index is 0.400. The van der Waals surface area contributed by atoms with Crippen LogP contribution in [0.2, 0.25) is 0 Å². The third-order valence-electron chi connectivity index (χ3n) is 5.31. The van der Waals surface area contributed by atoms with Gasteiger partial charge in [0.1, 0.15) is 23.3 Å². The molecule has 0 atom stereocenters. The summed E-state index contributed by atoms with van der Waals surface area (Å²) >= 11 is 0. The number of hydrogen-bond acceptors (Lipinski definition) is 4. The van der Waals surface area contributed by atoms with E-state index in [0.717, 1.165) is 40.8 Å². The summed E-state index contributed by atoms with van der Waals surface area (Å²) in [6.07, 6.45) is 1.90. The van der Waals surface area contributed by atoms with E-state index in [0.29, 0.717) is 42.1 Å². The zero-order chi connectivity index (χ0) is 25.9. The van der Waals surface area contributed by atoms with E-state index in [1.165, 1.54) is 0 Å². The second-order valence-electron chi connectivity index (χ2n) is 8.20. The lowest BCUT2D eigenvalue weighted by Crippen LogP contribution is -2.16. The van der Waals surface area contributed by atoms with Gasteiger partial charge in [0.25, 0.3) is 0 Å². The van der Waals surface area contributed by atoms with E-state index in [9.17, 15) is 0 Å². The number of aliphatic imine (C=N–C) groups is 4. The molecule has 0 fully saturated rings. The van der Waals surface area contributed by atoms with E-state index >= 15 is 0 Å². The van der Waals surface area contributed by atoms with Gasteiger partial charge < -0.3 is 22.9 Å². The fraction of sp³-hybridized carbons (Fsp3) is 0.214. The molecule has 0 radical (unpaired) electrons. The zero-order valence-corrected chi connectivity index (χ0v) is 20.9. The van der Waals surface area contributed by atoms with Crippen LogP contribution >= 0.6 is 0 Å². The minimum Gasteiger partial charge on any atom is -0.384 e. The van der Waals surface area contributed by atoms with Crippen molar-refractivity contribution in [2.75, 3.05) is 13.1 Å². The topological polar surface area (TPSA) is 154 Å². The van der Waals surface area contributed by atoms with Gasteiger partial charge in [-0.1, -0.05) is 38.1 Å². The molecule has 186 valence electrons. The zero-order valence-electron chi connectivity index (χ0n) is 20.9. The van der Waals surface area contributed by atoms with Crippen LogP contribution in [0.25, 0.3) is 0 Å².